The summed E-state index contributed by atoms with van der Waals surface area (Å²) < 4.78 is 5.23. The molecular weight excluding hydrogens is 328 g/mol. The van der Waals surface area contributed by atoms with Gasteiger partial charge in [0.25, 0.3) is 5.91 Å². The van der Waals surface area contributed by atoms with Gasteiger partial charge in [0, 0.05) is 24.2 Å². The van der Waals surface area contributed by atoms with Crippen molar-refractivity contribution in [2.75, 3.05) is 19.0 Å². The fourth-order valence-corrected chi connectivity index (χ4v) is 3.86. The molecule has 2 aromatic carbocycles. The van der Waals surface area contributed by atoms with Gasteiger partial charge in [0.05, 0.1) is 13.2 Å². The molecule has 2 aliphatic rings. The molecule has 2 aromatic rings. The summed E-state index contributed by atoms with van der Waals surface area (Å²) in [5, 5.41) is 2.87. The third-order valence-corrected chi connectivity index (χ3v) is 5.26. The van der Waals surface area contributed by atoms with E-state index in [1.54, 1.807) is 7.11 Å². The number of carbonyl (C=O) groups excluding carboxylic acids is 2. The van der Waals surface area contributed by atoms with Gasteiger partial charge < -0.3 is 15.0 Å². The van der Waals surface area contributed by atoms with Crippen LogP contribution in [0.4, 0.5) is 5.69 Å². The van der Waals surface area contributed by atoms with Crippen LogP contribution < -0.4 is 10.1 Å². The van der Waals surface area contributed by atoms with Gasteiger partial charge in [-0.2, -0.15) is 0 Å². The molecule has 4 rings (SSSR count). The predicted molar refractivity (Wildman–Crippen MR) is 99.4 cm³/mol. The van der Waals surface area contributed by atoms with Gasteiger partial charge in [0.1, 0.15) is 5.75 Å². The van der Waals surface area contributed by atoms with Gasteiger partial charge in [-0.1, -0.05) is 12.1 Å². The van der Waals surface area contributed by atoms with Gasteiger partial charge in [0.2, 0.25) is 5.91 Å². The van der Waals surface area contributed by atoms with Crippen molar-refractivity contribution < 1.29 is 14.3 Å². The van der Waals surface area contributed by atoms with Crippen LogP contribution in [0.25, 0.3) is 0 Å². The fraction of sp³-hybridized carbons (Fsp3) is 0.333. The molecule has 1 saturated heterocycles. The van der Waals surface area contributed by atoms with Crippen LogP contribution in [0.2, 0.25) is 0 Å². The minimum Gasteiger partial charge on any atom is -0.497 e. The number of ether oxygens (including phenoxy) is 1. The second-order valence-electron chi connectivity index (χ2n) is 6.85. The highest BCUT2D eigenvalue weighted by atomic mass is 16.5. The number of fused-ring (bicyclic) bond motifs is 1. The Morgan fingerprint density at radius 1 is 1.15 bits per heavy atom. The fourth-order valence-electron chi connectivity index (χ4n) is 3.86. The molecule has 0 saturated carbocycles. The Morgan fingerprint density at radius 2 is 1.96 bits per heavy atom. The first-order chi connectivity index (χ1) is 12.7. The molecule has 0 spiro atoms. The molecule has 2 aliphatic heterocycles. The molecule has 2 heterocycles. The minimum absolute atomic E-state index is 0.0377. The summed E-state index contributed by atoms with van der Waals surface area (Å²) >= 11 is 0. The molecule has 5 nitrogen and oxygen atoms in total. The van der Waals surface area contributed by atoms with E-state index < -0.39 is 0 Å². The SMILES string of the molecule is COc1ccc(C2CCCN2C(=O)c2ccc3c(c2)CCC(=O)N3)cc1. The largest absolute Gasteiger partial charge is 0.497 e. The molecule has 0 radical (unpaired) electrons. The van der Waals surface area contributed by atoms with Crippen molar-refractivity contribution in [3.63, 3.8) is 0 Å². The van der Waals surface area contributed by atoms with Gasteiger partial charge in [0.15, 0.2) is 0 Å². The number of methoxy groups -OCH3 is 1. The zero-order chi connectivity index (χ0) is 18.1. The number of hydrogen-bond donors (Lipinski definition) is 1. The van der Waals surface area contributed by atoms with E-state index in [0.717, 1.165) is 42.0 Å². The van der Waals surface area contributed by atoms with Gasteiger partial charge in [-0.05, 0) is 60.7 Å². The zero-order valence-electron chi connectivity index (χ0n) is 14.8. The van der Waals surface area contributed by atoms with Gasteiger partial charge in [-0.3, -0.25) is 9.59 Å². The highest BCUT2D eigenvalue weighted by molar-refractivity contribution is 5.98. The molecule has 1 fully saturated rings. The van der Waals surface area contributed by atoms with Gasteiger partial charge >= 0.3 is 0 Å². The smallest absolute Gasteiger partial charge is 0.254 e. The molecule has 1 N–H and O–H groups in total. The number of carbonyl (C=O) groups is 2. The van der Waals surface area contributed by atoms with Crippen LogP contribution in [0.15, 0.2) is 42.5 Å². The molecule has 5 heteroatoms. The molecule has 1 atom stereocenters. The summed E-state index contributed by atoms with van der Waals surface area (Å²) in [5.74, 6) is 0.917. The Bertz CT molecular complexity index is 845. The highest BCUT2D eigenvalue weighted by Gasteiger charge is 2.31. The van der Waals surface area contributed by atoms with Crippen LogP contribution in [0, 0.1) is 0 Å². The van der Waals surface area contributed by atoms with E-state index in [9.17, 15) is 9.59 Å². The third-order valence-electron chi connectivity index (χ3n) is 5.26. The Morgan fingerprint density at radius 3 is 2.73 bits per heavy atom. The van der Waals surface area contributed by atoms with Crippen molar-refractivity contribution in [2.24, 2.45) is 0 Å². The van der Waals surface area contributed by atoms with E-state index in [4.69, 9.17) is 4.74 Å². The van der Waals surface area contributed by atoms with Crippen molar-refractivity contribution >= 4 is 17.5 Å². The second-order valence-corrected chi connectivity index (χ2v) is 6.85. The lowest BCUT2D eigenvalue weighted by Crippen LogP contribution is -2.31. The lowest BCUT2D eigenvalue weighted by molar-refractivity contribution is -0.116. The molecule has 26 heavy (non-hydrogen) atoms. The number of nitrogens with one attached hydrogen (secondary N) is 1. The first-order valence-electron chi connectivity index (χ1n) is 9.03. The number of anilines is 1. The molecule has 0 bridgehead atoms. The van der Waals surface area contributed by atoms with Crippen molar-refractivity contribution in [2.45, 2.75) is 31.7 Å². The summed E-state index contributed by atoms with van der Waals surface area (Å²) in [7, 11) is 1.65. The van der Waals surface area contributed by atoms with Crippen LogP contribution >= 0.6 is 0 Å². The monoisotopic (exact) mass is 350 g/mol. The molecule has 1 unspecified atom stereocenters. The molecule has 2 amide bonds. The van der Waals surface area contributed by atoms with Crippen molar-refractivity contribution in [3.05, 3.63) is 59.2 Å². The minimum atomic E-state index is 0.0377. The Hall–Kier alpha value is -2.82. The van der Waals surface area contributed by atoms with Crippen LogP contribution in [-0.2, 0) is 11.2 Å². The summed E-state index contributed by atoms with van der Waals surface area (Å²) in [6, 6.07) is 13.7. The van der Waals surface area contributed by atoms with Crippen LogP contribution in [0.3, 0.4) is 0 Å². The number of likely N-dealkylation sites (tertiary alicyclic amines) is 1. The van der Waals surface area contributed by atoms with Gasteiger partial charge in [-0.15, -0.1) is 0 Å². The summed E-state index contributed by atoms with van der Waals surface area (Å²) in [6.07, 6.45) is 3.13. The van der Waals surface area contributed by atoms with E-state index in [1.165, 1.54) is 0 Å². The van der Waals surface area contributed by atoms with Crippen molar-refractivity contribution in [1.82, 2.24) is 4.90 Å². The van der Waals surface area contributed by atoms with E-state index in [2.05, 4.69) is 5.32 Å². The maximum absolute atomic E-state index is 13.1. The second kappa shape index (κ2) is 6.83. The highest BCUT2D eigenvalue weighted by Crippen LogP contribution is 2.34. The number of aryl methyl sites for hydroxylation is 1. The summed E-state index contributed by atoms with van der Waals surface area (Å²) in [6.45, 7) is 0.767. The lowest BCUT2D eigenvalue weighted by atomic mass is 9.99. The molecule has 134 valence electrons. The maximum atomic E-state index is 13.1. The van der Waals surface area contributed by atoms with E-state index in [1.807, 2.05) is 47.4 Å². The van der Waals surface area contributed by atoms with Crippen molar-refractivity contribution in [1.29, 1.82) is 0 Å². The molecule has 0 aromatic heterocycles. The van der Waals surface area contributed by atoms with Crippen LogP contribution in [0.1, 0.15) is 46.8 Å². The maximum Gasteiger partial charge on any atom is 0.254 e. The zero-order valence-corrected chi connectivity index (χ0v) is 14.8. The molecule has 0 aliphatic carbocycles. The lowest BCUT2D eigenvalue weighted by Gasteiger charge is -2.26. The van der Waals surface area contributed by atoms with E-state index >= 15 is 0 Å². The van der Waals surface area contributed by atoms with E-state index in [-0.39, 0.29) is 17.9 Å². The predicted octanol–water partition coefficient (Wildman–Crippen LogP) is 3.56. The topological polar surface area (TPSA) is 58.6 Å². The van der Waals surface area contributed by atoms with Crippen molar-refractivity contribution in [3.8, 4) is 5.75 Å². The summed E-state index contributed by atoms with van der Waals surface area (Å²) in [4.78, 5) is 26.6. The average molecular weight is 350 g/mol. The van der Waals surface area contributed by atoms with Gasteiger partial charge in [-0.25, -0.2) is 0 Å². The first-order valence-corrected chi connectivity index (χ1v) is 9.03. The number of hydrogen-bond acceptors (Lipinski definition) is 3. The number of benzene rings is 2. The number of nitrogens with zero attached hydrogens (tertiary/aromatic N) is 1. The Labute approximate surface area is 153 Å². The average Bonchev–Trinajstić information content (AvgIpc) is 3.17. The normalized spacial score (nSPS) is 19.0. The quantitative estimate of drug-likeness (QED) is 0.921. The number of rotatable bonds is 3. The van der Waals surface area contributed by atoms with Crippen LogP contribution in [-0.4, -0.2) is 30.4 Å². The Kier molecular flexibility index (Phi) is 4.37. The molecular formula is C21H22N2O3. The number of amides is 2. The first kappa shape index (κ1) is 16.6. The Balaban J connectivity index is 1.57. The standard InChI is InChI=1S/C21H22N2O3/c1-26-17-8-4-14(5-9-17)19-3-2-12-23(19)21(25)16-6-10-18-15(13-16)7-11-20(24)22-18/h4-6,8-10,13,19H,2-3,7,11-12H2,1H3,(H,22,24). The van der Waals surface area contributed by atoms with Crippen LogP contribution in [0.5, 0.6) is 5.75 Å². The third kappa shape index (κ3) is 3.05. The summed E-state index contributed by atoms with van der Waals surface area (Å²) in [5.41, 5.74) is 3.70. The van der Waals surface area contributed by atoms with E-state index in [0.29, 0.717) is 18.4 Å².